The fourth-order valence-electron chi connectivity index (χ4n) is 2.20. The van der Waals surface area contributed by atoms with E-state index in [1.807, 2.05) is 32.2 Å². The first-order valence-corrected chi connectivity index (χ1v) is 7.55. The minimum atomic E-state index is -0.229. The fourth-order valence-corrected chi connectivity index (χ4v) is 2.98. The predicted octanol–water partition coefficient (Wildman–Crippen LogP) is 5.05. The maximum atomic E-state index is 13.4. The van der Waals surface area contributed by atoms with Gasteiger partial charge in [0.15, 0.2) is 0 Å². The van der Waals surface area contributed by atoms with Crippen LogP contribution < -0.4 is 5.32 Å². The maximum absolute atomic E-state index is 13.4. The zero-order valence-electron chi connectivity index (χ0n) is 11.4. The van der Waals surface area contributed by atoms with E-state index in [4.69, 9.17) is 11.6 Å². The lowest BCUT2D eigenvalue weighted by atomic mass is 9.98. The molecular formula is C16H16BrClFN. The Hall–Kier alpha value is -0.900. The lowest BCUT2D eigenvalue weighted by Gasteiger charge is -2.19. The average Bonchev–Trinajstić information content (AvgIpc) is 2.40. The highest BCUT2D eigenvalue weighted by atomic mass is 79.9. The summed E-state index contributed by atoms with van der Waals surface area (Å²) >= 11 is 9.78. The van der Waals surface area contributed by atoms with E-state index >= 15 is 0 Å². The van der Waals surface area contributed by atoms with Gasteiger partial charge >= 0.3 is 0 Å². The second-order valence-electron chi connectivity index (χ2n) is 4.81. The number of aryl methyl sites for hydroxylation is 1. The molecule has 0 bridgehead atoms. The van der Waals surface area contributed by atoms with Crippen LogP contribution in [0, 0.1) is 12.7 Å². The van der Waals surface area contributed by atoms with E-state index in [9.17, 15) is 4.39 Å². The minimum absolute atomic E-state index is 0.0428. The van der Waals surface area contributed by atoms with Crippen LogP contribution in [-0.4, -0.2) is 7.05 Å². The maximum Gasteiger partial charge on any atom is 0.123 e. The van der Waals surface area contributed by atoms with Gasteiger partial charge in [-0.2, -0.15) is 0 Å². The van der Waals surface area contributed by atoms with Crippen molar-refractivity contribution in [2.75, 3.05) is 7.05 Å². The fraction of sp³-hybridized carbons (Fsp3) is 0.250. The Morgan fingerprint density at radius 3 is 2.65 bits per heavy atom. The molecule has 1 atom stereocenters. The largest absolute Gasteiger partial charge is 0.313 e. The highest BCUT2D eigenvalue weighted by Crippen LogP contribution is 2.29. The first-order valence-electron chi connectivity index (χ1n) is 6.38. The molecule has 2 aromatic rings. The van der Waals surface area contributed by atoms with Gasteiger partial charge in [0.2, 0.25) is 0 Å². The lowest BCUT2D eigenvalue weighted by Crippen LogP contribution is -2.19. The summed E-state index contributed by atoms with van der Waals surface area (Å²) in [5.74, 6) is -0.229. The summed E-state index contributed by atoms with van der Waals surface area (Å²) in [4.78, 5) is 0. The second-order valence-corrected chi connectivity index (χ2v) is 6.07. The molecule has 0 saturated carbocycles. The van der Waals surface area contributed by atoms with Gasteiger partial charge < -0.3 is 5.32 Å². The second kappa shape index (κ2) is 6.70. The van der Waals surface area contributed by atoms with E-state index in [1.165, 1.54) is 6.07 Å². The average molecular weight is 357 g/mol. The number of nitrogens with one attached hydrogen (secondary N) is 1. The SMILES string of the molecule is CNC(Cc1cc(F)ccc1Br)c1ccc(C)cc1Cl. The number of benzene rings is 2. The molecule has 0 amide bonds. The highest BCUT2D eigenvalue weighted by molar-refractivity contribution is 9.10. The van der Waals surface area contributed by atoms with Crippen molar-refractivity contribution in [3.05, 3.63) is 68.4 Å². The molecule has 0 fully saturated rings. The van der Waals surface area contributed by atoms with Gasteiger partial charge in [0.25, 0.3) is 0 Å². The zero-order valence-corrected chi connectivity index (χ0v) is 13.7. The Bertz CT molecular complexity index is 615. The Kier molecular flexibility index (Phi) is 5.19. The topological polar surface area (TPSA) is 12.0 Å². The number of likely N-dealkylation sites (N-methyl/N-ethyl adjacent to an activating group) is 1. The summed E-state index contributed by atoms with van der Waals surface area (Å²) in [5.41, 5.74) is 3.07. The molecule has 1 unspecified atom stereocenters. The number of hydrogen-bond donors (Lipinski definition) is 1. The molecule has 0 aliphatic heterocycles. The van der Waals surface area contributed by atoms with Crippen molar-refractivity contribution >= 4 is 27.5 Å². The van der Waals surface area contributed by atoms with Crippen LogP contribution in [0.4, 0.5) is 4.39 Å². The van der Waals surface area contributed by atoms with E-state index in [0.717, 1.165) is 26.2 Å². The summed E-state index contributed by atoms with van der Waals surface area (Å²) in [6.07, 6.45) is 0.664. The summed E-state index contributed by atoms with van der Waals surface area (Å²) in [6, 6.07) is 10.8. The van der Waals surface area contributed by atoms with E-state index in [0.29, 0.717) is 6.42 Å². The summed E-state index contributed by atoms with van der Waals surface area (Å²) in [7, 11) is 1.88. The molecular weight excluding hydrogens is 341 g/mol. The first-order chi connectivity index (χ1) is 9.51. The molecule has 0 aliphatic carbocycles. The van der Waals surface area contributed by atoms with Gasteiger partial charge in [-0.05, 0) is 61.3 Å². The van der Waals surface area contributed by atoms with Gasteiger partial charge in [-0.15, -0.1) is 0 Å². The van der Waals surface area contributed by atoms with Crippen LogP contribution in [0.1, 0.15) is 22.7 Å². The molecule has 2 rings (SSSR count). The standard InChI is InChI=1S/C16H16BrClFN/c1-10-3-5-13(15(18)7-10)16(20-2)9-11-8-12(19)4-6-14(11)17/h3-8,16,20H,9H2,1-2H3. The molecule has 0 saturated heterocycles. The smallest absolute Gasteiger partial charge is 0.123 e. The molecule has 1 nitrogen and oxygen atoms in total. The van der Waals surface area contributed by atoms with Crippen LogP contribution in [0.5, 0.6) is 0 Å². The molecule has 0 radical (unpaired) electrons. The highest BCUT2D eigenvalue weighted by Gasteiger charge is 2.15. The third-order valence-corrected chi connectivity index (χ3v) is 4.41. The number of rotatable bonds is 4. The summed E-state index contributed by atoms with van der Waals surface area (Å²) < 4.78 is 14.3. The molecule has 2 aromatic carbocycles. The van der Waals surface area contributed by atoms with Crippen molar-refractivity contribution in [1.82, 2.24) is 5.32 Å². The Morgan fingerprint density at radius 2 is 2.00 bits per heavy atom. The van der Waals surface area contributed by atoms with E-state index in [1.54, 1.807) is 12.1 Å². The molecule has 0 aliphatic rings. The van der Waals surface area contributed by atoms with E-state index in [-0.39, 0.29) is 11.9 Å². The Labute approximate surface area is 132 Å². The molecule has 1 N–H and O–H groups in total. The van der Waals surface area contributed by atoms with Crippen LogP contribution >= 0.6 is 27.5 Å². The molecule has 0 spiro atoms. The molecule has 4 heteroatoms. The van der Waals surface area contributed by atoms with Crippen LogP contribution in [0.3, 0.4) is 0 Å². The normalized spacial score (nSPS) is 12.4. The van der Waals surface area contributed by atoms with Crippen molar-refractivity contribution in [3.8, 4) is 0 Å². The minimum Gasteiger partial charge on any atom is -0.313 e. The Balaban J connectivity index is 2.31. The molecule has 106 valence electrons. The van der Waals surface area contributed by atoms with Gasteiger partial charge in [0, 0.05) is 15.5 Å². The Morgan fingerprint density at radius 1 is 1.25 bits per heavy atom. The summed E-state index contributed by atoms with van der Waals surface area (Å²) in [6.45, 7) is 2.01. The van der Waals surface area contributed by atoms with Crippen molar-refractivity contribution in [3.63, 3.8) is 0 Å². The van der Waals surface area contributed by atoms with Crippen molar-refractivity contribution < 1.29 is 4.39 Å². The van der Waals surface area contributed by atoms with Crippen molar-refractivity contribution in [2.24, 2.45) is 0 Å². The molecule has 0 heterocycles. The van der Waals surface area contributed by atoms with Crippen molar-refractivity contribution in [1.29, 1.82) is 0 Å². The van der Waals surface area contributed by atoms with Gasteiger partial charge in [-0.3, -0.25) is 0 Å². The van der Waals surface area contributed by atoms with E-state index < -0.39 is 0 Å². The van der Waals surface area contributed by atoms with E-state index in [2.05, 4.69) is 21.2 Å². The van der Waals surface area contributed by atoms with Crippen LogP contribution in [0.2, 0.25) is 5.02 Å². The van der Waals surface area contributed by atoms with Crippen LogP contribution in [0.15, 0.2) is 40.9 Å². The third-order valence-electron chi connectivity index (χ3n) is 3.31. The zero-order chi connectivity index (χ0) is 14.7. The van der Waals surface area contributed by atoms with Crippen LogP contribution in [0.25, 0.3) is 0 Å². The quantitative estimate of drug-likeness (QED) is 0.808. The van der Waals surface area contributed by atoms with Gasteiger partial charge in [0.05, 0.1) is 0 Å². The first kappa shape index (κ1) is 15.5. The summed E-state index contributed by atoms with van der Waals surface area (Å²) in [5, 5.41) is 3.98. The monoisotopic (exact) mass is 355 g/mol. The number of halogens is 3. The lowest BCUT2D eigenvalue weighted by molar-refractivity contribution is 0.583. The van der Waals surface area contributed by atoms with Crippen molar-refractivity contribution in [2.45, 2.75) is 19.4 Å². The van der Waals surface area contributed by atoms with Gasteiger partial charge in [0.1, 0.15) is 5.82 Å². The molecule has 0 aromatic heterocycles. The molecule has 20 heavy (non-hydrogen) atoms. The predicted molar refractivity (Wildman–Crippen MR) is 85.8 cm³/mol. The third kappa shape index (κ3) is 3.60. The van der Waals surface area contributed by atoms with Gasteiger partial charge in [-0.25, -0.2) is 4.39 Å². The van der Waals surface area contributed by atoms with Crippen LogP contribution in [-0.2, 0) is 6.42 Å². The van der Waals surface area contributed by atoms with Gasteiger partial charge in [-0.1, -0.05) is 39.7 Å². The number of hydrogen-bond acceptors (Lipinski definition) is 1.